The van der Waals surface area contributed by atoms with Crippen LogP contribution in [-0.4, -0.2) is 29.7 Å². The summed E-state index contributed by atoms with van der Waals surface area (Å²) in [4.78, 5) is 7.81. The van der Waals surface area contributed by atoms with E-state index in [4.69, 9.17) is 5.73 Å². The van der Waals surface area contributed by atoms with E-state index in [-0.39, 0.29) is 17.3 Å². The van der Waals surface area contributed by atoms with E-state index in [1.54, 1.807) is 24.5 Å². The first-order valence-corrected chi connectivity index (χ1v) is 7.01. The fraction of sp³-hybridized carbons (Fsp3) is 0.167. The van der Waals surface area contributed by atoms with Gasteiger partial charge in [0.1, 0.15) is 10.7 Å². The number of hydrogen-bond acceptors (Lipinski definition) is 5. The molecule has 0 amide bonds. The number of rotatable bonds is 4. The predicted molar refractivity (Wildman–Crippen MR) is 71.5 cm³/mol. The fourth-order valence-electron chi connectivity index (χ4n) is 1.55. The summed E-state index contributed by atoms with van der Waals surface area (Å²) < 4.78 is 25.8. The first kappa shape index (κ1) is 13.4. The summed E-state index contributed by atoms with van der Waals surface area (Å²) in [6.07, 6.45) is 4.51. The Hall–Kier alpha value is -1.99. The van der Waals surface area contributed by atoms with Gasteiger partial charge >= 0.3 is 0 Å². The highest BCUT2D eigenvalue weighted by Gasteiger charge is 2.21. The number of hydrogen-bond donors (Lipinski definition) is 1. The molecule has 0 unspecified atom stereocenters. The molecule has 2 aromatic rings. The second-order valence-electron chi connectivity index (χ2n) is 4.04. The van der Waals surface area contributed by atoms with Crippen LogP contribution in [0.5, 0.6) is 0 Å². The number of sulfonamides is 1. The lowest BCUT2D eigenvalue weighted by Gasteiger charge is -2.17. The Labute approximate surface area is 112 Å². The van der Waals surface area contributed by atoms with Crippen molar-refractivity contribution in [1.82, 2.24) is 14.3 Å². The van der Waals surface area contributed by atoms with Gasteiger partial charge in [-0.3, -0.25) is 4.98 Å². The SMILES string of the molecule is CN(Cc1ccncc1)S(=O)(=O)c1ccc(N)nc1. The molecular weight excluding hydrogens is 264 g/mol. The maximum Gasteiger partial charge on any atom is 0.244 e. The Kier molecular flexibility index (Phi) is 3.77. The van der Waals surface area contributed by atoms with Gasteiger partial charge in [-0.2, -0.15) is 4.31 Å². The Morgan fingerprint density at radius 3 is 2.47 bits per heavy atom. The summed E-state index contributed by atoms with van der Waals surface area (Å²) in [7, 11) is -2.04. The van der Waals surface area contributed by atoms with E-state index < -0.39 is 10.0 Å². The van der Waals surface area contributed by atoms with Gasteiger partial charge in [0.25, 0.3) is 0 Å². The topological polar surface area (TPSA) is 89.2 Å². The van der Waals surface area contributed by atoms with Gasteiger partial charge in [-0.25, -0.2) is 13.4 Å². The zero-order valence-electron chi connectivity index (χ0n) is 10.4. The van der Waals surface area contributed by atoms with Gasteiger partial charge in [0.2, 0.25) is 10.0 Å². The van der Waals surface area contributed by atoms with E-state index in [9.17, 15) is 8.42 Å². The van der Waals surface area contributed by atoms with E-state index in [1.165, 1.54) is 29.7 Å². The zero-order valence-corrected chi connectivity index (χ0v) is 11.2. The molecule has 7 heteroatoms. The van der Waals surface area contributed by atoms with Gasteiger partial charge in [0.05, 0.1) is 0 Å². The van der Waals surface area contributed by atoms with Crippen LogP contribution in [0.3, 0.4) is 0 Å². The smallest absolute Gasteiger partial charge is 0.244 e. The normalized spacial score (nSPS) is 11.7. The minimum absolute atomic E-state index is 0.123. The van der Waals surface area contributed by atoms with E-state index in [0.717, 1.165) is 5.56 Å². The van der Waals surface area contributed by atoms with Gasteiger partial charge in [-0.15, -0.1) is 0 Å². The van der Waals surface area contributed by atoms with Crippen LogP contribution in [0, 0.1) is 0 Å². The third-order valence-electron chi connectivity index (χ3n) is 2.62. The monoisotopic (exact) mass is 278 g/mol. The molecule has 0 spiro atoms. The van der Waals surface area contributed by atoms with Crippen molar-refractivity contribution in [2.75, 3.05) is 12.8 Å². The summed E-state index contributed by atoms with van der Waals surface area (Å²) >= 11 is 0. The third kappa shape index (κ3) is 3.07. The number of nitrogens with two attached hydrogens (primary N) is 1. The molecule has 2 N–H and O–H groups in total. The first-order chi connectivity index (χ1) is 9.00. The fourth-order valence-corrected chi connectivity index (χ4v) is 2.66. The lowest BCUT2D eigenvalue weighted by Crippen LogP contribution is -2.26. The van der Waals surface area contributed by atoms with Crippen LogP contribution in [0.2, 0.25) is 0 Å². The average Bonchev–Trinajstić information content (AvgIpc) is 2.40. The van der Waals surface area contributed by atoms with E-state index in [0.29, 0.717) is 0 Å². The molecule has 0 bridgehead atoms. The Morgan fingerprint density at radius 1 is 1.21 bits per heavy atom. The summed E-state index contributed by atoms with van der Waals surface area (Å²) in [6, 6.07) is 6.45. The first-order valence-electron chi connectivity index (χ1n) is 5.57. The van der Waals surface area contributed by atoms with Crippen molar-refractivity contribution in [2.45, 2.75) is 11.4 Å². The molecule has 0 saturated carbocycles. The maximum atomic E-state index is 12.3. The molecule has 2 aromatic heterocycles. The highest BCUT2D eigenvalue weighted by molar-refractivity contribution is 7.89. The van der Waals surface area contributed by atoms with Crippen molar-refractivity contribution in [2.24, 2.45) is 0 Å². The Morgan fingerprint density at radius 2 is 1.89 bits per heavy atom. The molecule has 2 rings (SSSR count). The molecule has 19 heavy (non-hydrogen) atoms. The van der Waals surface area contributed by atoms with Gasteiger partial charge in [0, 0.05) is 32.2 Å². The predicted octanol–water partition coefficient (Wildman–Crippen LogP) is 0.879. The lowest BCUT2D eigenvalue weighted by molar-refractivity contribution is 0.466. The molecule has 0 aliphatic heterocycles. The van der Waals surface area contributed by atoms with Gasteiger partial charge in [-0.05, 0) is 29.8 Å². The molecule has 0 fully saturated rings. The summed E-state index contributed by atoms with van der Waals surface area (Å²) in [5.74, 6) is 0.288. The Bertz CT molecular complexity index is 641. The van der Waals surface area contributed by atoms with E-state index in [2.05, 4.69) is 9.97 Å². The van der Waals surface area contributed by atoms with Crippen LogP contribution in [0.1, 0.15) is 5.56 Å². The minimum Gasteiger partial charge on any atom is -0.384 e. The number of nitrogens with zero attached hydrogens (tertiary/aromatic N) is 3. The quantitative estimate of drug-likeness (QED) is 0.896. The highest BCUT2D eigenvalue weighted by atomic mass is 32.2. The summed E-state index contributed by atoms with van der Waals surface area (Å²) in [5.41, 5.74) is 6.31. The van der Waals surface area contributed by atoms with Crippen molar-refractivity contribution in [3.8, 4) is 0 Å². The highest BCUT2D eigenvalue weighted by Crippen LogP contribution is 2.16. The maximum absolute atomic E-state index is 12.3. The molecule has 0 aliphatic carbocycles. The minimum atomic E-state index is -3.56. The third-order valence-corrected chi connectivity index (χ3v) is 4.41. The molecular formula is C12H14N4O2S. The molecule has 0 aromatic carbocycles. The van der Waals surface area contributed by atoms with Gasteiger partial charge < -0.3 is 5.73 Å². The molecule has 0 saturated heterocycles. The van der Waals surface area contributed by atoms with Gasteiger partial charge in [0.15, 0.2) is 0 Å². The van der Waals surface area contributed by atoms with Gasteiger partial charge in [-0.1, -0.05) is 0 Å². The van der Waals surface area contributed by atoms with Crippen LogP contribution in [0.25, 0.3) is 0 Å². The number of pyridine rings is 2. The molecule has 0 atom stereocenters. The summed E-state index contributed by atoms with van der Waals surface area (Å²) in [6.45, 7) is 0.273. The molecule has 6 nitrogen and oxygen atoms in total. The summed E-state index contributed by atoms with van der Waals surface area (Å²) in [5, 5.41) is 0. The van der Waals surface area contributed by atoms with Crippen molar-refractivity contribution in [1.29, 1.82) is 0 Å². The zero-order chi connectivity index (χ0) is 13.9. The van der Waals surface area contributed by atoms with Crippen LogP contribution < -0.4 is 5.73 Å². The molecule has 0 radical (unpaired) electrons. The van der Waals surface area contributed by atoms with Crippen molar-refractivity contribution < 1.29 is 8.42 Å². The standard InChI is InChI=1S/C12H14N4O2S/c1-16(9-10-4-6-14-7-5-10)19(17,18)11-2-3-12(13)15-8-11/h2-8H,9H2,1H3,(H2,13,15). The largest absolute Gasteiger partial charge is 0.384 e. The molecule has 0 aliphatic rings. The van der Waals surface area contributed by atoms with E-state index in [1.807, 2.05) is 0 Å². The number of nitrogen functional groups attached to an aromatic ring is 1. The average molecular weight is 278 g/mol. The molecule has 100 valence electrons. The van der Waals surface area contributed by atoms with Crippen molar-refractivity contribution >= 4 is 15.8 Å². The van der Waals surface area contributed by atoms with Crippen LogP contribution in [0.15, 0.2) is 47.8 Å². The van der Waals surface area contributed by atoms with Crippen molar-refractivity contribution in [3.63, 3.8) is 0 Å². The van der Waals surface area contributed by atoms with Crippen LogP contribution >= 0.6 is 0 Å². The number of aromatic nitrogens is 2. The Balaban J connectivity index is 2.22. The number of anilines is 1. The van der Waals surface area contributed by atoms with Crippen LogP contribution in [-0.2, 0) is 16.6 Å². The van der Waals surface area contributed by atoms with E-state index >= 15 is 0 Å². The molecule has 2 heterocycles. The second-order valence-corrected chi connectivity index (χ2v) is 6.08. The van der Waals surface area contributed by atoms with Crippen molar-refractivity contribution in [3.05, 3.63) is 48.4 Å². The second kappa shape index (κ2) is 5.33. The lowest BCUT2D eigenvalue weighted by atomic mass is 10.3. The van der Waals surface area contributed by atoms with Crippen LogP contribution in [0.4, 0.5) is 5.82 Å².